The van der Waals surface area contributed by atoms with Crippen LogP contribution in [0, 0.1) is 5.82 Å². The summed E-state index contributed by atoms with van der Waals surface area (Å²) in [4.78, 5) is 25.1. The van der Waals surface area contributed by atoms with Crippen molar-refractivity contribution in [3.05, 3.63) is 35.8 Å². The number of ketones is 1. The lowest BCUT2D eigenvalue weighted by atomic mass is 10.0. The van der Waals surface area contributed by atoms with Crippen LogP contribution >= 0.6 is 0 Å². The maximum Gasteiger partial charge on any atom is 0.303 e. The molecule has 1 aromatic heterocycles. The number of rotatable bonds is 5. The fraction of sp³-hybridized carbons (Fsp3) is 0.231. The number of carboxylic acid groups (broad SMARTS) is 1. The van der Waals surface area contributed by atoms with Gasteiger partial charge < -0.3 is 10.1 Å². The van der Waals surface area contributed by atoms with Gasteiger partial charge in [-0.25, -0.2) is 4.39 Å². The summed E-state index contributed by atoms with van der Waals surface area (Å²) in [5, 5.41) is 8.77. The van der Waals surface area contributed by atoms with Crippen LogP contribution in [-0.4, -0.2) is 21.8 Å². The quantitative estimate of drug-likeness (QED) is 0.800. The van der Waals surface area contributed by atoms with E-state index in [1.807, 2.05) is 0 Å². The summed E-state index contributed by atoms with van der Waals surface area (Å²) in [6.45, 7) is 0. The van der Waals surface area contributed by atoms with Crippen LogP contribution in [-0.2, 0) is 4.79 Å². The van der Waals surface area contributed by atoms with Gasteiger partial charge in [0.2, 0.25) is 0 Å². The highest BCUT2D eigenvalue weighted by Crippen LogP contribution is 2.23. The number of nitrogens with one attached hydrogen (secondary N) is 1. The smallest absolute Gasteiger partial charge is 0.303 e. The molecule has 0 atom stereocenters. The molecule has 0 unspecified atom stereocenters. The normalized spacial score (nSPS) is 10.7. The van der Waals surface area contributed by atoms with E-state index in [0.29, 0.717) is 5.52 Å². The van der Waals surface area contributed by atoms with Gasteiger partial charge in [-0.3, -0.25) is 9.59 Å². The number of carbonyl (C=O) groups excluding carboxylic acids is 1. The fourth-order valence-corrected chi connectivity index (χ4v) is 1.89. The average Bonchev–Trinajstić information content (AvgIpc) is 2.73. The van der Waals surface area contributed by atoms with Gasteiger partial charge in [0.1, 0.15) is 5.82 Å². The second-order valence-corrected chi connectivity index (χ2v) is 4.04. The zero-order valence-corrected chi connectivity index (χ0v) is 9.57. The summed E-state index contributed by atoms with van der Waals surface area (Å²) in [6, 6.07) is 4.55. The summed E-state index contributed by atoms with van der Waals surface area (Å²) < 4.78 is 13.6. The summed E-state index contributed by atoms with van der Waals surface area (Å²) >= 11 is 0. The largest absolute Gasteiger partial charge is 0.481 e. The molecular formula is C13H12FNO3. The molecule has 0 saturated carbocycles. The molecule has 0 amide bonds. The number of carboxylic acids is 1. The van der Waals surface area contributed by atoms with E-state index in [-0.39, 0.29) is 36.0 Å². The van der Waals surface area contributed by atoms with Gasteiger partial charge in [0, 0.05) is 35.5 Å². The van der Waals surface area contributed by atoms with Gasteiger partial charge in [0.15, 0.2) is 5.78 Å². The van der Waals surface area contributed by atoms with Crippen molar-refractivity contribution in [1.82, 2.24) is 4.98 Å². The molecule has 4 nitrogen and oxygen atoms in total. The topological polar surface area (TPSA) is 70.2 Å². The first-order valence-corrected chi connectivity index (χ1v) is 5.60. The molecule has 0 aliphatic carbocycles. The molecule has 2 N–H and O–H groups in total. The minimum atomic E-state index is -0.937. The predicted octanol–water partition coefficient (Wildman–Crippen LogP) is 2.74. The van der Waals surface area contributed by atoms with E-state index >= 15 is 0 Å². The maximum atomic E-state index is 13.6. The highest BCUT2D eigenvalue weighted by molar-refractivity contribution is 6.08. The van der Waals surface area contributed by atoms with E-state index in [1.165, 1.54) is 12.3 Å². The van der Waals surface area contributed by atoms with E-state index in [4.69, 9.17) is 5.11 Å². The zero-order valence-electron chi connectivity index (χ0n) is 9.57. The highest BCUT2D eigenvalue weighted by Gasteiger charge is 2.15. The summed E-state index contributed by atoms with van der Waals surface area (Å²) in [5.74, 6) is -1.63. The lowest BCUT2D eigenvalue weighted by molar-refractivity contribution is -0.137. The van der Waals surface area contributed by atoms with Crippen LogP contribution in [0.15, 0.2) is 24.4 Å². The number of hydrogen-bond acceptors (Lipinski definition) is 2. The third-order valence-corrected chi connectivity index (χ3v) is 2.75. The number of aliphatic carboxylic acids is 1. The first-order valence-electron chi connectivity index (χ1n) is 5.60. The second kappa shape index (κ2) is 5.00. The van der Waals surface area contributed by atoms with Crippen molar-refractivity contribution in [3.8, 4) is 0 Å². The Labute approximate surface area is 102 Å². The summed E-state index contributed by atoms with van der Waals surface area (Å²) in [7, 11) is 0. The zero-order chi connectivity index (χ0) is 13.1. The number of fused-ring (bicyclic) bond motifs is 1. The number of aromatic amines is 1. The molecule has 0 bridgehead atoms. The van der Waals surface area contributed by atoms with E-state index in [0.717, 1.165) is 0 Å². The van der Waals surface area contributed by atoms with E-state index in [1.54, 1.807) is 12.1 Å². The van der Waals surface area contributed by atoms with Gasteiger partial charge in [-0.05, 0) is 18.6 Å². The lowest BCUT2D eigenvalue weighted by Gasteiger charge is -1.99. The van der Waals surface area contributed by atoms with Gasteiger partial charge in [-0.15, -0.1) is 0 Å². The van der Waals surface area contributed by atoms with E-state index in [9.17, 15) is 14.0 Å². The van der Waals surface area contributed by atoms with Crippen LogP contribution in [0.5, 0.6) is 0 Å². The maximum absolute atomic E-state index is 13.6. The highest BCUT2D eigenvalue weighted by atomic mass is 19.1. The van der Waals surface area contributed by atoms with E-state index in [2.05, 4.69) is 4.98 Å². The van der Waals surface area contributed by atoms with Crippen LogP contribution in [0.3, 0.4) is 0 Å². The average molecular weight is 249 g/mol. The number of H-pyrrole nitrogens is 1. The van der Waals surface area contributed by atoms with Crippen molar-refractivity contribution in [2.75, 3.05) is 0 Å². The van der Waals surface area contributed by atoms with Gasteiger partial charge in [-0.1, -0.05) is 6.07 Å². The molecule has 94 valence electrons. The Hall–Kier alpha value is -2.17. The van der Waals surface area contributed by atoms with Crippen LogP contribution < -0.4 is 0 Å². The minimum absolute atomic E-state index is 0.0590. The van der Waals surface area contributed by atoms with Gasteiger partial charge in [-0.2, -0.15) is 0 Å². The molecule has 18 heavy (non-hydrogen) atoms. The molecular weight excluding hydrogens is 237 g/mol. The van der Waals surface area contributed by atoms with Crippen LogP contribution in [0.2, 0.25) is 0 Å². The molecule has 0 saturated heterocycles. The summed E-state index contributed by atoms with van der Waals surface area (Å²) in [6.07, 6.45) is 1.77. The van der Waals surface area contributed by atoms with Crippen LogP contribution in [0.25, 0.3) is 10.9 Å². The minimum Gasteiger partial charge on any atom is -0.481 e. The predicted molar refractivity (Wildman–Crippen MR) is 64.1 cm³/mol. The van der Waals surface area contributed by atoms with E-state index < -0.39 is 11.8 Å². The molecule has 1 aromatic carbocycles. The molecule has 2 rings (SSSR count). The van der Waals surface area contributed by atoms with Gasteiger partial charge in [0.05, 0.1) is 0 Å². The van der Waals surface area contributed by atoms with Gasteiger partial charge in [0.25, 0.3) is 0 Å². The fourth-order valence-electron chi connectivity index (χ4n) is 1.89. The number of Topliss-reactive ketones (excluding diaryl/α,β-unsaturated/α-hetero) is 1. The molecule has 0 radical (unpaired) electrons. The van der Waals surface area contributed by atoms with Crippen molar-refractivity contribution < 1.29 is 19.1 Å². The molecule has 2 aromatic rings. The lowest BCUT2D eigenvalue weighted by Crippen LogP contribution is -2.01. The number of halogens is 1. The molecule has 0 aliphatic heterocycles. The molecule has 0 spiro atoms. The number of aromatic nitrogens is 1. The SMILES string of the molecule is O=C(O)CCCC(=O)c1c[nH]c2cccc(F)c12. The van der Waals surface area contributed by atoms with Crippen molar-refractivity contribution in [3.63, 3.8) is 0 Å². The molecule has 0 aliphatic rings. The molecule has 1 heterocycles. The third kappa shape index (κ3) is 2.40. The first-order chi connectivity index (χ1) is 8.59. The second-order valence-electron chi connectivity index (χ2n) is 4.04. The number of carbonyl (C=O) groups is 2. The summed E-state index contributed by atoms with van der Waals surface area (Å²) in [5.41, 5.74) is 0.852. The van der Waals surface area contributed by atoms with Crippen molar-refractivity contribution >= 4 is 22.7 Å². The Balaban J connectivity index is 2.20. The van der Waals surface area contributed by atoms with Gasteiger partial charge >= 0.3 is 5.97 Å². The Bertz CT molecular complexity index is 603. The number of benzene rings is 1. The Kier molecular flexibility index (Phi) is 3.41. The first kappa shape index (κ1) is 12.3. The Morgan fingerprint density at radius 1 is 1.28 bits per heavy atom. The Morgan fingerprint density at radius 3 is 2.78 bits per heavy atom. The van der Waals surface area contributed by atoms with Crippen LogP contribution in [0.1, 0.15) is 29.6 Å². The standard InChI is InChI=1S/C13H12FNO3/c14-9-3-1-4-10-13(9)8(7-15-10)11(16)5-2-6-12(17)18/h1,3-4,7,15H,2,5-6H2,(H,17,18). The number of hydrogen-bond donors (Lipinski definition) is 2. The Morgan fingerprint density at radius 2 is 2.06 bits per heavy atom. The monoisotopic (exact) mass is 249 g/mol. The molecule has 0 fully saturated rings. The molecule has 5 heteroatoms. The van der Waals surface area contributed by atoms with Crippen molar-refractivity contribution in [1.29, 1.82) is 0 Å². The van der Waals surface area contributed by atoms with Crippen LogP contribution in [0.4, 0.5) is 4.39 Å². The van der Waals surface area contributed by atoms with Crippen molar-refractivity contribution in [2.45, 2.75) is 19.3 Å². The van der Waals surface area contributed by atoms with Crippen molar-refractivity contribution in [2.24, 2.45) is 0 Å². The third-order valence-electron chi connectivity index (χ3n) is 2.75.